The van der Waals surface area contributed by atoms with Crippen molar-refractivity contribution in [2.75, 3.05) is 19.7 Å². The Morgan fingerprint density at radius 2 is 2.26 bits per heavy atom. The number of halogens is 1. The van der Waals surface area contributed by atoms with Crippen molar-refractivity contribution < 1.29 is 19.4 Å². The summed E-state index contributed by atoms with van der Waals surface area (Å²) in [6, 6.07) is 7.51. The van der Waals surface area contributed by atoms with Gasteiger partial charge in [0.15, 0.2) is 6.10 Å². The number of hydrogen-bond donors (Lipinski definition) is 1. The lowest BCUT2D eigenvalue weighted by Gasteiger charge is -2.31. The smallest absolute Gasteiger partial charge is 0.334 e. The molecule has 0 spiro atoms. The summed E-state index contributed by atoms with van der Waals surface area (Å²) in [5, 5.41) is 8.89. The van der Waals surface area contributed by atoms with Crippen LogP contribution in [0.15, 0.2) is 28.7 Å². The standard InChI is InChI=1S/C13H14BrNO4/c14-10-3-1-2-9(6-10)7-12(16)15-4-5-19-11(8-15)13(17)18/h1-3,6,11H,4-5,7-8H2,(H,17,18). The van der Waals surface area contributed by atoms with E-state index in [1.54, 1.807) is 4.90 Å². The number of rotatable bonds is 3. The van der Waals surface area contributed by atoms with Crippen LogP contribution in [-0.2, 0) is 20.7 Å². The van der Waals surface area contributed by atoms with Gasteiger partial charge in [0.25, 0.3) is 0 Å². The van der Waals surface area contributed by atoms with Gasteiger partial charge in [-0.15, -0.1) is 0 Å². The predicted octanol–water partition coefficient (Wildman–Crippen LogP) is 1.30. The van der Waals surface area contributed by atoms with Gasteiger partial charge in [0, 0.05) is 11.0 Å². The van der Waals surface area contributed by atoms with Crippen molar-refractivity contribution >= 4 is 27.8 Å². The number of hydrogen-bond acceptors (Lipinski definition) is 3. The molecule has 1 aromatic carbocycles. The highest BCUT2D eigenvalue weighted by Crippen LogP contribution is 2.14. The van der Waals surface area contributed by atoms with Crippen LogP contribution in [0.5, 0.6) is 0 Å². The van der Waals surface area contributed by atoms with Gasteiger partial charge in [-0.05, 0) is 17.7 Å². The summed E-state index contributed by atoms with van der Waals surface area (Å²) in [6.07, 6.45) is -0.647. The van der Waals surface area contributed by atoms with Crippen LogP contribution in [0.1, 0.15) is 5.56 Å². The largest absolute Gasteiger partial charge is 0.479 e. The Morgan fingerprint density at radius 3 is 2.95 bits per heavy atom. The maximum absolute atomic E-state index is 12.1. The molecule has 1 fully saturated rings. The van der Waals surface area contributed by atoms with E-state index in [1.807, 2.05) is 24.3 Å². The normalized spacial score (nSPS) is 19.2. The van der Waals surface area contributed by atoms with E-state index in [0.717, 1.165) is 10.0 Å². The van der Waals surface area contributed by atoms with E-state index < -0.39 is 12.1 Å². The molecule has 1 saturated heterocycles. The predicted molar refractivity (Wildman–Crippen MR) is 71.8 cm³/mol. The van der Waals surface area contributed by atoms with Gasteiger partial charge < -0.3 is 14.7 Å². The van der Waals surface area contributed by atoms with Crippen molar-refractivity contribution in [1.29, 1.82) is 0 Å². The van der Waals surface area contributed by atoms with E-state index in [4.69, 9.17) is 9.84 Å². The molecular formula is C13H14BrNO4. The number of morpholine rings is 1. The molecule has 0 aromatic heterocycles. The van der Waals surface area contributed by atoms with E-state index >= 15 is 0 Å². The molecule has 19 heavy (non-hydrogen) atoms. The first-order chi connectivity index (χ1) is 9.06. The second-order valence-electron chi connectivity index (χ2n) is 4.34. The van der Waals surface area contributed by atoms with Crippen LogP contribution in [0.25, 0.3) is 0 Å². The highest BCUT2D eigenvalue weighted by molar-refractivity contribution is 9.10. The summed E-state index contributed by atoms with van der Waals surface area (Å²) in [7, 11) is 0. The highest BCUT2D eigenvalue weighted by atomic mass is 79.9. The second kappa shape index (κ2) is 6.16. The topological polar surface area (TPSA) is 66.8 Å². The molecule has 1 amide bonds. The van der Waals surface area contributed by atoms with Crippen LogP contribution in [0.4, 0.5) is 0 Å². The van der Waals surface area contributed by atoms with Crippen LogP contribution in [0, 0.1) is 0 Å². The first-order valence-corrected chi connectivity index (χ1v) is 6.72. The summed E-state index contributed by atoms with van der Waals surface area (Å²) in [4.78, 5) is 24.5. The SMILES string of the molecule is O=C(O)C1CN(C(=O)Cc2cccc(Br)c2)CCO1. The van der Waals surface area contributed by atoms with Crippen molar-refractivity contribution in [2.24, 2.45) is 0 Å². The summed E-state index contributed by atoms with van der Waals surface area (Å²) < 4.78 is 6.01. The first-order valence-electron chi connectivity index (χ1n) is 5.93. The van der Waals surface area contributed by atoms with E-state index in [-0.39, 0.29) is 25.5 Å². The van der Waals surface area contributed by atoms with Gasteiger partial charge in [0.2, 0.25) is 5.91 Å². The fourth-order valence-corrected chi connectivity index (χ4v) is 2.41. The minimum Gasteiger partial charge on any atom is -0.479 e. The molecule has 0 radical (unpaired) electrons. The third-order valence-corrected chi connectivity index (χ3v) is 3.43. The molecule has 1 N–H and O–H groups in total. The summed E-state index contributed by atoms with van der Waals surface area (Å²) in [6.45, 7) is 0.819. The van der Waals surface area contributed by atoms with Gasteiger partial charge in [0.05, 0.1) is 19.6 Å². The summed E-state index contributed by atoms with van der Waals surface area (Å²) >= 11 is 3.35. The van der Waals surface area contributed by atoms with Crippen molar-refractivity contribution in [3.8, 4) is 0 Å². The van der Waals surface area contributed by atoms with E-state index in [2.05, 4.69) is 15.9 Å². The van der Waals surface area contributed by atoms with E-state index in [0.29, 0.717) is 6.54 Å². The zero-order valence-electron chi connectivity index (χ0n) is 10.2. The lowest BCUT2D eigenvalue weighted by Crippen LogP contribution is -2.49. The van der Waals surface area contributed by atoms with Crippen LogP contribution in [0.3, 0.4) is 0 Å². The van der Waals surface area contributed by atoms with Crippen molar-refractivity contribution in [3.63, 3.8) is 0 Å². The maximum Gasteiger partial charge on any atom is 0.334 e. The Hall–Kier alpha value is -1.40. The van der Waals surface area contributed by atoms with Crippen LogP contribution < -0.4 is 0 Å². The molecule has 1 aliphatic heterocycles. The average molecular weight is 328 g/mol. The molecule has 102 valence electrons. The lowest BCUT2D eigenvalue weighted by atomic mass is 10.1. The Kier molecular flexibility index (Phi) is 4.55. The number of ether oxygens (including phenoxy) is 1. The zero-order valence-corrected chi connectivity index (χ0v) is 11.8. The third-order valence-electron chi connectivity index (χ3n) is 2.94. The molecule has 1 aromatic rings. The van der Waals surface area contributed by atoms with Crippen LogP contribution >= 0.6 is 15.9 Å². The molecule has 0 bridgehead atoms. The lowest BCUT2D eigenvalue weighted by molar-refractivity contribution is -0.159. The molecule has 6 heteroatoms. The van der Waals surface area contributed by atoms with Gasteiger partial charge >= 0.3 is 5.97 Å². The Labute approximate surface area is 119 Å². The van der Waals surface area contributed by atoms with E-state index in [1.165, 1.54) is 0 Å². The molecule has 5 nitrogen and oxygen atoms in total. The average Bonchev–Trinajstić information content (AvgIpc) is 2.39. The number of nitrogens with zero attached hydrogens (tertiary/aromatic N) is 1. The van der Waals surface area contributed by atoms with Crippen molar-refractivity contribution in [2.45, 2.75) is 12.5 Å². The number of carbonyl (C=O) groups is 2. The molecule has 1 atom stereocenters. The molecule has 2 rings (SSSR count). The van der Waals surface area contributed by atoms with Gasteiger partial charge in [0.1, 0.15) is 0 Å². The van der Waals surface area contributed by atoms with Gasteiger partial charge in [-0.3, -0.25) is 4.79 Å². The monoisotopic (exact) mass is 327 g/mol. The Balaban J connectivity index is 1.98. The second-order valence-corrected chi connectivity index (χ2v) is 5.26. The molecule has 1 unspecified atom stereocenters. The Morgan fingerprint density at radius 1 is 1.47 bits per heavy atom. The van der Waals surface area contributed by atoms with Crippen molar-refractivity contribution in [3.05, 3.63) is 34.3 Å². The number of carboxylic acids is 1. The quantitative estimate of drug-likeness (QED) is 0.908. The first kappa shape index (κ1) is 14.0. The van der Waals surface area contributed by atoms with Gasteiger partial charge in [-0.1, -0.05) is 28.1 Å². The zero-order chi connectivity index (χ0) is 13.8. The summed E-state index contributed by atoms with van der Waals surface area (Å²) in [5.41, 5.74) is 0.901. The van der Waals surface area contributed by atoms with Crippen molar-refractivity contribution in [1.82, 2.24) is 4.90 Å². The van der Waals surface area contributed by atoms with E-state index in [9.17, 15) is 9.59 Å². The van der Waals surface area contributed by atoms with Gasteiger partial charge in [-0.25, -0.2) is 4.79 Å². The molecule has 0 saturated carbocycles. The molecule has 1 aliphatic rings. The molecular weight excluding hydrogens is 314 g/mol. The fraction of sp³-hybridized carbons (Fsp3) is 0.385. The van der Waals surface area contributed by atoms with Gasteiger partial charge in [-0.2, -0.15) is 0 Å². The number of carboxylic acid groups (broad SMARTS) is 1. The highest BCUT2D eigenvalue weighted by Gasteiger charge is 2.28. The van der Waals surface area contributed by atoms with Crippen LogP contribution in [0.2, 0.25) is 0 Å². The van der Waals surface area contributed by atoms with Crippen LogP contribution in [-0.4, -0.2) is 47.7 Å². The fourth-order valence-electron chi connectivity index (χ4n) is 1.96. The minimum atomic E-state index is -1.03. The molecule has 0 aliphatic carbocycles. The molecule has 1 heterocycles. The number of aliphatic carboxylic acids is 1. The minimum absolute atomic E-state index is 0.0762. The number of benzene rings is 1. The number of carbonyl (C=O) groups excluding carboxylic acids is 1. The number of amides is 1. The Bertz CT molecular complexity index is 491. The third kappa shape index (κ3) is 3.78. The maximum atomic E-state index is 12.1. The summed E-state index contributed by atoms with van der Waals surface area (Å²) in [5.74, 6) is -1.10.